The number of fused-ring (bicyclic) bond motifs is 1. The van der Waals surface area contributed by atoms with Crippen LogP contribution in [0.3, 0.4) is 0 Å². The number of carbonyl (C=O) groups is 1. The van der Waals surface area contributed by atoms with Crippen molar-refractivity contribution in [3.63, 3.8) is 0 Å². The minimum absolute atomic E-state index is 0.0508. The van der Waals surface area contributed by atoms with Gasteiger partial charge < -0.3 is 0 Å². The molecule has 0 spiro atoms. The van der Waals surface area contributed by atoms with E-state index in [1.165, 1.54) is 0 Å². The highest BCUT2D eigenvalue weighted by Crippen LogP contribution is 2.24. The van der Waals surface area contributed by atoms with Crippen LogP contribution in [0.1, 0.15) is 15.9 Å². The molecule has 104 valence electrons. The van der Waals surface area contributed by atoms with E-state index in [1.807, 2.05) is 30.3 Å². The van der Waals surface area contributed by atoms with Crippen LogP contribution >= 0.6 is 27.5 Å². The van der Waals surface area contributed by atoms with E-state index in [1.54, 1.807) is 24.4 Å². The van der Waals surface area contributed by atoms with Crippen molar-refractivity contribution in [2.75, 3.05) is 0 Å². The number of para-hydroxylation sites is 1. The average molecular weight is 361 g/mol. The van der Waals surface area contributed by atoms with Gasteiger partial charge in [-0.1, -0.05) is 29.8 Å². The Morgan fingerprint density at radius 2 is 1.95 bits per heavy atom. The highest BCUT2D eigenvalue weighted by molar-refractivity contribution is 9.10. The maximum Gasteiger partial charge on any atom is 0.168 e. The summed E-state index contributed by atoms with van der Waals surface area (Å²) in [6.45, 7) is 0. The monoisotopic (exact) mass is 359 g/mol. The fourth-order valence-electron chi connectivity index (χ4n) is 2.29. The van der Waals surface area contributed by atoms with Gasteiger partial charge in [0.1, 0.15) is 0 Å². The Bertz CT molecular complexity index is 827. The van der Waals surface area contributed by atoms with Crippen molar-refractivity contribution in [2.45, 2.75) is 6.42 Å². The maximum absolute atomic E-state index is 12.5. The number of benzene rings is 2. The van der Waals surface area contributed by atoms with Crippen LogP contribution in [0.2, 0.25) is 5.02 Å². The standard InChI is InChI=1S/C17H11BrClNO/c18-15-10-12(19)5-6-14(15)17(21)9-11-7-8-20-16-4-2-1-3-13(11)16/h1-8,10H,9H2. The number of carbonyl (C=O) groups excluding carboxylic acids is 1. The fraction of sp³-hybridized carbons (Fsp3) is 0.0588. The summed E-state index contributed by atoms with van der Waals surface area (Å²) in [5.74, 6) is 0.0508. The molecule has 0 atom stereocenters. The second-order valence-electron chi connectivity index (χ2n) is 4.71. The molecule has 0 saturated carbocycles. The largest absolute Gasteiger partial charge is 0.294 e. The number of nitrogens with zero attached hydrogens (tertiary/aromatic N) is 1. The van der Waals surface area contributed by atoms with Crippen molar-refractivity contribution < 1.29 is 4.79 Å². The third-order valence-electron chi connectivity index (χ3n) is 3.32. The Hall–Kier alpha value is -1.71. The highest BCUT2D eigenvalue weighted by atomic mass is 79.9. The van der Waals surface area contributed by atoms with Gasteiger partial charge in [-0.25, -0.2) is 0 Å². The molecule has 2 aromatic carbocycles. The summed E-state index contributed by atoms with van der Waals surface area (Å²) in [6.07, 6.45) is 2.07. The van der Waals surface area contributed by atoms with Gasteiger partial charge in [0.05, 0.1) is 5.52 Å². The summed E-state index contributed by atoms with van der Waals surface area (Å²) in [7, 11) is 0. The molecule has 0 aliphatic rings. The lowest BCUT2D eigenvalue weighted by Crippen LogP contribution is -2.05. The van der Waals surface area contributed by atoms with Gasteiger partial charge >= 0.3 is 0 Å². The van der Waals surface area contributed by atoms with Crippen molar-refractivity contribution >= 4 is 44.2 Å². The van der Waals surface area contributed by atoms with Crippen LogP contribution in [-0.4, -0.2) is 10.8 Å². The molecular weight excluding hydrogens is 350 g/mol. The van der Waals surface area contributed by atoms with Gasteiger partial charge in [0.25, 0.3) is 0 Å². The van der Waals surface area contributed by atoms with Gasteiger partial charge in [-0.05, 0) is 51.8 Å². The van der Waals surface area contributed by atoms with Crippen LogP contribution in [-0.2, 0) is 6.42 Å². The first-order valence-electron chi connectivity index (χ1n) is 6.46. The summed E-state index contributed by atoms with van der Waals surface area (Å²) in [5, 5.41) is 1.62. The number of pyridine rings is 1. The first-order chi connectivity index (χ1) is 10.1. The molecule has 3 aromatic rings. The minimum Gasteiger partial charge on any atom is -0.294 e. The molecule has 0 aliphatic carbocycles. The summed E-state index contributed by atoms with van der Waals surface area (Å²) >= 11 is 9.30. The van der Waals surface area contributed by atoms with Gasteiger partial charge in [0.15, 0.2) is 5.78 Å². The second kappa shape index (κ2) is 5.96. The SMILES string of the molecule is O=C(Cc1ccnc2ccccc12)c1ccc(Cl)cc1Br. The summed E-state index contributed by atoms with van der Waals surface area (Å²) in [6, 6.07) is 14.9. The molecule has 0 N–H and O–H groups in total. The van der Waals surface area contributed by atoms with Crippen LogP contribution < -0.4 is 0 Å². The Labute approximate surface area is 135 Å². The van der Waals surface area contributed by atoms with Crippen LogP contribution in [0.5, 0.6) is 0 Å². The maximum atomic E-state index is 12.5. The first kappa shape index (κ1) is 14.2. The number of rotatable bonds is 3. The minimum atomic E-state index is 0.0508. The summed E-state index contributed by atoms with van der Waals surface area (Å²) in [4.78, 5) is 16.8. The van der Waals surface area contributed by atoms with Crippen LogP contribution in [0.25, 0.3) is 10.9 Å². The lowest BCUT2D eigenvalue weighted by Gasteiger charge is -2.07. The van der Waals surface area contributed by atoms with E-state index >= 15 is 0 Å². The molecule has 3 rings (SSSR count). The van der Waals surface area contributed by atoms with Crippen molar-refractivity contribution in [2.24, 2.45) is 0 Å². The lowest BCUT2D eigenvalue weighted by molar-refractivity contribution is 0.0992. The van der Waals surface area contributed by atoms with E-state index in [2.05, 4.69) is 20.9 Å². The van der Waals surface area contributed by atoms with E-state index < -0.39 is 0 Å². The van der Waals surface area contributed by atoms with Crippen molar-refractivity contribution in [3.8, 4) is 0 Å². The highest BCUT2D eigenvalue weighted by Gasteiger charge is 2.13. The van der Waals surface area contributed by atoms with Crippen molar-refractivity contribution in [3.05, 3.63) is 75.4 Å². The second-order valence-corrected chi connectivity index (χ2v) is 6.00. The van der Waals surface area contributed by atoms with Gasteiger partial charge in [0.2, 0.25) is 0 Å². The Balaban J connectivity index is 1.97. The normalized spacial score (nSPS) is 10.8. The van der Waals surface area contributed by atoms with E-state index in [4.69, 9.17) is 11.6 Å². The number of Topliss-reactive ketones (excluding diaryl/α,β-unsaturated/α-hetero) is 1. The molecule has 21 heavy (non-hydrogen) atoms. The number of hydrogen-bond donors (Lipinski definition) is 0. The number of ketones is 1. The number of aromatic nitrogens is 1. The molecule has 0 fully saturated rings. The Kier molecular flexibility index (Phi) is 4.04. The van der Waals surface area contributed by atoms with E-state index in [-0.39, 0.29) is 5.78 Å². The fourth-order valence-corrected chi connectivity index (χ4v) is 3.20. The van der Waals surface area contributed by atoms with Crippen molar-refractivity contribution in [1.29, 1.82) is 0 Å². The molecule has 1 heterocycles. The predicted molar refractivity (Wildman–Crippen MR) is 88.9 cm³/mol. The molecule has 0 amide bonds. The third-order valence-corrected chi connectivity index (χ3v) is 4.21. The molecular formula is C17H11BrClNO. The van der Waals surface area contributed by atoms with Gasteiger partial charge in [-0.3, -0.25) is 9.78 Å². The molecule has 1 aromatic heterocycles. The van der Waals surface area contributed by atoms with Crippen molar-refractivity contribution in [1.82, 2.24) is 4.98 Å². The number of hydrogen-bond acceptors (Lipinski definition) is 2. The number of halogens is 2. The molecule has 0 aliphatic heterocycles. The molecule has 0 unspecified atom stereocenters. The predicted octanol–water partition coefficient (Wildman–Crippen LogP) is 5.08. The van der Waals surface area contributed by atoms with E-state index in [0.717, 1.165) is 20.9 Å². The van der Waals surface area contributed by atoms with Gasteiger partial charge in [0, 0.05) is 33.1 Å². The van der Waals surface area contributed by atoms with E-state index in [0.29, 0.717) is 17.0 Å². The molecule has 2 nitrogen and oxygen atoms in total. The smallest absolute Gasteiger partial charge is 0.168 e. The quantitative estimate of drug-likeness (QED) is 0.610. The van der Waals surface area contributed by atoms with Gasteiger partial charge in [-0.15, -0.1) is 0 Å². The first-order valence-corrected chi connectivity index (χ1v) is 7.63. The Morgan fingerprint density at radius 3 is 2.76 bits per heavy atom. The third kappa shape index (κ3) is 2.99. The molecule has 0 bridgehead atoms. The molecule has 0 saturated heterocycles. The van der Waals surface area contributed by atoms with E-state index in [9.17, 15) is 4.79 Å². The van der Waals surface area contributed by atoms with Crippen LogP contribution in [0.4, 0.5) is 0 Å². The summed E-state index contributed by atoms with van der Waals surface area (Å²) < 4.78 is 0.721. The van der Waals surface area contributed by atoms with Crippen LogP contribution in [0.15, 0.2) is 59.2 Å². The Morgan fingerprint density at radius 1 is 1.14 bits per heavy atom. The zero-order chi connectivity index (χ0) is 14.8. The summed E-state index contributed by atoms with van der Waals surface area (Å²) in [5.41, 5.74) is 2.52. The van der Waals surface area contributed by atoms with Gasteiger partial charge in [-0.2, -0.15) is 0 Å². The topological polar surface area (TPSA) is 30.0 Å². The average Bonchev–Trinajstić information content (AvgIpc) is 2.47. The zero-order valence-electron chi connectivity index (χ0n) is 11.0. The molecule has 4 heteroatoms. The van der Waals surface area contributed by atoms with Crippen LogP contribution in [0, 0.1) is 0 Å². The zero-order valence-corrected chi connectivity index (χ0v) is 13.4. The lowest BCUT2D eigenvalue weighted by atomic mass is 10.0. The molecule has 0 radical (unpaired) electrons.